The maximum absolute atomic E-state index is 14.5. The van der Waals surface area contributed by atoms with E-state index >= 15 is 0 Å². The lowest BCUT2D eigenvalue weighted by molar-refractivity contribution is 0.0594. The highest BCUT2D eigenvalue weighted by molar-refractivity contribution is 6.30. The Bertz CT molecular complexity index is 1400. The van der Waals surface area contributed by atoms with Crippen molar-refractivity contribution < 1.29 is 23.0 Å². The van der Waals surface area contributed by atoms with Gasteiger partial charge in [-0.15, -0.1) is 0 Å². The van der Waals surface area contributed by atoms with E-state index in [0.717, 1.165) is 43.7 Å². The lowest BCUT2D eigenvalue weighted by atomic mass is 9.83. The predicted octanol–water partition coefficient (Wildman–Crippen LogP) is 7.02. The van der Waals surface area contributed by atoms with Crippen molar-refractivity contribution >= 4 is 28.6 Å². The van der Waals surface area contributed by atoms with Crippen LogP contribution >= 0.6 is 11.6 Å². The van der Waals surface area contributed by atoms with Crippen LogP contribution in [0.3, 0.4) is 0 Å². The van der Waals surface area contributed by atoms with E-state index in [2.05, 4.69) is 4.98 Å². The molecule has 1 aliphatic carbocycles. The molecule has 2 aromatic heterocycles. The number of halogens is 3. The number of carbonyl (C=O) groups excluding carboxylic acids is 1. The molecule has 0 bridgehead atoms. The van der Waals surface area contributed by atoms with Gasteiger partial charge >= 0.3 is 5.97 Å². The minimum absolute atomic E-state index is 0.182. The van der Waals surface area contributed by atoms with E-state index in [9.17, 15) is 13.6 Å². The molecule has 1 aliphatic rings. The molecule has 0 aliphatic heterocycles. The predicted molar refractivity (Wildman–Crippen MR) is 137 cm³/mol. The van der Waals surface area contributed by atoms with Crippen LogP contribution in [-0.2, 0) is 4.74 Å². The highest BCUT2D eigenvalue weighted by Gasteiger charge is 2.30. The average molecular weight is 526 g/mol. The summed E-state index contributed by atoms with van der Waals surface area (Å²) >= 11 is 6.12. The van der Waals surface area contributed by atoms with Gasteiger partial charge in [-0.25, -0.2) is 23.5 Å². The first-order valence-electron chi connectivity index (χ1n) is 12.2. The second-order valence-corrected chi connectivity index (χ2v) is 9.65. The van der Waals surface area contributed by atoms with Gasteiger partial charge in [0.15, 0.2) is 11.6 Å². The average Bonchev–Trinajstić information content (AvgIpc) is 3.27. The molecule has 37 heavy (non-hydrogen) atoms. The summed E-state index contributed by atoms with van der Waals surface area (Å²) in [6.07, 6.45) is 6.78. The lowest BCUT2D eigenvalue weighted by Crippen LogP contribution is -2.28. The SMILES string of the molecule is COC(=O)c1ccc(OCC(C2CCCCC2)n2c(-c3ccc(Cl)cc3)nc3cc(F)c(F)cc32)cn1. The van der Waals surface area contributed by atoms with Crippen LogP contribution in [0, 0.1) is 17.6 Å². The third-order valence-electron chi connectivity index (χ3n) is 6.91. The van der Waals surface area contributed by atoms with Crippen LogP contribution in [0.1, 0.15) is 48.6 Å². The fraction of sp³-hybridized carbons (Fsp3) is 0.321. The number of carbonyl (C=O) groups is 1. The minimum atomic E-state index is -0.943. The number of imidazole rings is 1. The molecule has 192 valence electrons. The van der Waals surface area contributed by atoms with E-state index in [1.807, 2.05) is 16.7 Å². The van der Waals surface area contributed by atoms with Crippen LogP contribution in [0.4, 0.5) is 8.78 Å². The lowest BCUT2D eigenvalue weighted by Gasteiger charge is -2.32. The summed E-state index contributed by atoms with van der Waals surface area (Å²) in [5, 5.41) is 0.582. The zero-order valence-corrected chi connectivity index (χ0v) is 21.0. The molecule has 0 saturated heterocycles. The molecule has 0 spiro atoms. The first-order chi connectivity index (χ1) is 17.9. The number of fused-ring (bicyclic) bond motifs is 1. The van der Waals surface area contributed by atoms with Crippen molar-refractivity contribution in [1.82, 2.24) is 14.5 Å². The summed E-state index contributed by atoms with van der Waals surface area (Å²) in [6, 6.07) is 12.6. The Balaban J connectivity index is 1.57. The topological polar surface area (TPSA) is 66.2 Å². The van der Waals surface area contributed by atoms with E-state index in [4.69, 9.17) is 26.1 Å². The van der Waals surface area contributed by atoms with Gasteiger partial charge < -0.3 is 14.0 Å². The first kappa shape index (κ1) is 25.1. The van der Waals surface area contributed by atoms with Crippen LogP contribution < -0.4 is 4.74 Å². The summed E-state index contributed by atoms with van der Waals surface area (Å²) in [5.41, 5.74) is 1.84. The second kappa shape index (κ2) is 10.8. The quantitative estimate of drug-likeness (QED) is 0.243. The summed E-state index contributed by atoms with van der Waals surface area (Å²) in [5.74, 6) is -1.08. The first-order valence-corrected chi connectivity index (χ1v) is 12.6. The Hall–Kier alpha value is -3.52. The van der Waals surface area contributed by atoms with Crippen molar-refractivity contribution in [1.29, 1.82) is 0 Å². The van der Waals surface area contributed by atoms with Gasteiger partial charge in [-0.3, -0.25) is 0 Å². The van der Waals surface area contributed by atoms with Crippen LogP contribution in [0.25, 0.3) is 22.4 Å². The molecule has 4 aromatic rings. The van der Waals surface area contributed by atoms with Crippen molar-refractivity contribution in [2.75, 3.05) is 13.7 Å². The highest BCUT2D eigenvalue weighted by atomic mass is 35.5. The summed E-state index contributed by atoms with van der Waals surface area (Å²) in [7, 11) is 1.30. The van der Waals surface area contributed by atoms with Crippen molar-refractivity contribution in [3.8, 4) is 17.1 Å². The molecule has 5 rings (SSSR count). The zero-order valence-electron chi connectivity index (χ0n) is 20.3. The smallest absolute Gasteiger partial charge is 0.356 e. The molecule has 0 amide bonds. The fourth-order valence-corrected chi connectivity index (χ4v) is 5.17. The molecule has 0 N–H and O–H groups in total. The highest BCUT2D eigenvalue weighted by Crippen LogP contribution is 2.39. The van der Waals surface area contributed by atoms with Gasteiger partial charge in [-0.2, -0.15) is 0 Å². The van der Waals surface area contributed by atoms with Crippen molar-refractivity contribution in [3.63, 3.8) is 0 Å². The molecular formula is C28H26ClF2N3O3. The zero-order chi connectivity index (χ0) is 25.9. The van der Waals surface area contributed by atoms with E-state index < -0.39 is 17.6 Å². The Morgan fingerprint density at radius 3 is 2.49 bits per heavy atom. The third-order valence-corrected chi connectivity index (χ3v) is 7.16. The number of pyridine rings is 1. The van der Waals surface area contributed by atoms with Crippen molar-refractivity contribution in [3.05, 3.63) is 77.1 Å². The molecule has 1 saturated carbocycles. The number of hydrogen-bond acceptors (Lipinski definition) is 5. The number of aromatic nitrogens is 3. The van der Waals surface area contributed by atoms with E-state index in [1.165, 1.54) is 19.4 Å². The fourth-order valence-electron chi connectivity index (χ4n) is 5.04. The molecule has 1 unspecified atom stereocenters. The van der Waals surface area contributed by atoms with Gasteiger partial charge in [0.1, 0.15) is 23.9 Å². The largest absolute Gasteiger partial charge is 0.490 e. The molecule has 6 nitrogen and oxygen atoms in total. The molecule has 9 heteroatoms. The van der Waals surface area contributed by atoms with Crippen molar-refractivity contribution in [2.45, 2.75) is 38.1 Å². The Morgan fingerprint density at radius 2 is 1.81 bits per heavy atom. The maximum Gasteiger partial charge on any atom is 0.356 e. The summed E-state index contributed by atoms with van der Waals surface area (Å²) in [6.45, 7) is 0.259. The van der Waals surface area contributed by atoms with Crippen molar-refractivity contribution in [2.24, 2.45) is 5.92 Å². The third kappa shape index (κ3) is 5.30. The van der Waals surface area contributed by atoms with Gasteiger partial charge in [-0.1, -0.05) is 30.9 Å². The molecule has 2 aromatic carbocycles. The van der Waals surface area contributed by atoms with Gasteiger partial charge in [0, 0.05) is 22.7 Å². The molecule has 1 atom stereocenters. The van der Waals surface area contributed by atoms with Gasteiger partial charge in [0.2, 0.25) is 0 Å². The number of hydrogen-bond donors (Lipinski definition) is 0. The van der Waals surface area contributed by atoms with Gasteiger partial charge in [-0.05, 0) is 55.2 Å². The molecule has 2 heterocycles. The number of esters is 1. The monoisotopic (exact) mass is 525 g/mol. The molecule has 1 fully saturated rings. The number of ether oxygens (including phenoxy) is 2. The molecular weight excluding hydrogens is 500 g/mol. The van der Waals surface area contributed by atoms with Crippen LogP contribution in [-0.4, -0.2) is 34.2 Å². The Kier molecular flexibility index (Phi) is 7.37. The van der Waals surface area contributed by atoms with Gasteiger partial charge in [0.25, 0.3) is 0 Å². The Morgan fingerprint density at radius 1 is 1.08 bits per heavy atom. The number of benzene rings is 2. The summed E-state index contributed by atoms with van der Waals surface area (Å²) < 4.78 is 41.5. The van der Waals surface area contributed by atoms with E-state index in [-0.39, 0.29) is 24.3 Å². The number of nitrogens with zero attached hydrogens (tertiary/aromatic N) is 3. The van der Waals surface area contributed by atoms with E-state index in [0.29, 0.717) is 27.6 Å². The van der Waals surface area contributed by atoms with Crippen LogP contribution in [0.15, 0.2) is 54.7 Å². The normalized spacial score (nSPS) is 15.0. The van der Waals surface area contributed by atoms with E-state index in [1.54, 1.807) is 24.3 Å². The van der Waals surface area contributed by atoms with Crippen LogP contribution in [0.2, 0.25) is 5.02 Å². The molecule has 0 radical (unpaired) electrons. The summed E-state index contributed by atoms with van der Waals surface area (Å²) in [4.78, 5) is 20.6. The van der Waals surface area contributed by atoms with Gasteiger partial charge in [0.05, 0.1) is 30.4 Å². The minimum Gasteiger partial charge on any atom is -0.490 e. The van der Waals surface area contributed by atoms with Crippen LogP contribution in [0.5, 0.6) is 5.75 Å². The Labute approximate surface area is 218 Å². The number of rotatable bonds is 7. The number of methoxy groups -OCH3 is 1. The second-order valence-electron chi connectivity index (χ2n) is 9.21. The maximum atomic E-state index is 14.5. The standard InChI is InChI=1S/C28H26ClF2N3O3/c1-36-28(35)23-12-11-20(15-32-23)37-16-26(17-5-3-2-4-6-17)34-25-14-22(31)21(30)13-24(25)33-27(34)18-7-9-19(29)10-8-18/h7-15,17,26H,2-6,16H2,1H3.